The van der Waals surface area contributed by atoms with E-state index in [1.807, 2.05) is 13.0 Å². The molecule has 1 aromatic heterocycles. The Bertz CT molecular complexity index is 672. The summed E-state index contributed by atoms with van der Waals surface area (Å²) in [5.74, 6) is 0.833. The number of aryl methyl sites for hydroxylation is 1. The van der Waals surface area contributed by atoms with Crippen molar-refractivity contribution >= 4 is 23.7 Å². The second kappa shape index (κ2) is 6.51. The van der Waals surface area contributed by atoms with Gasteiger partial charge in [-0.3, -0.25) is 9.59 Å². The summed E-state index contributed by atoms with van der Waals surface area (Å²) in [6.45, 7) is 3.25. The van der Waals surface area contributed by atoms with Crippen LogP contribution in [0.4, 0.5) is 5.69 Å². The first-order valence-electron chi connectivity index (χ1n) is 6.32. The van der Waals surface area contributed by atoms with Gasteiger partial charge in [0, 0.05) is 18.2 Å². The van der Waals surface area contributed by atoms with Crippen molar-refractivity contribution in [1.29, 1.82) is 0 Å². The van der Waals surface area contributed by atoms with Crippen molar-refractivity contribution in [1.82, 2.24) is 5.43 Å². The number of nitrogens with zero attached hydrogens (tertiary/aromatic N) is 1. The number of hydrogen-bond acceptors (Lipinski definition) is 4. The number of benzene rings is 1. The molecule has 2 N–H and O–H groups in total. The van der Waals surface area contributed by atoms with Crippen LogP contribution >= 0.6 is 0 Å². The molecule has 0 unspecified atom stereocenters. The van der Waals surface area contributed by atoms with Gasteiger partial charge in [0.1, 0.15) is 11.5 Å². The lowest BCUT2D eigenvalue weighted by atomic mass is 10.2. The predicted molar refractivity (Wildman–Crippen MR) is 79.3 cm³/mol. The van der Waals surface area contributed by atoms with Gasteiger partial charge in [-0.2, -0.15) is 5.10 Å². The van der Waals surface area contributed by atoms with Gasteiger partial charge < -0.3 is 9.73 Å². The maximum absolute atomic E-state index is 11.8. The summed E-state index contributed by atoms with van der Waals surface area (Å²) in [6, 6.07) is 10.1. The molecule has 108 valence electrons. The lowest BCUT2D eigenvalue weighted by Crippen LogP contribution is -2.17. The van der Waals surface area contributed by atoms with E-state index in [0.29, 0.717) is 17.0 Å². The Morgan fingerprint density at radius 3 is 2.43 bits per heavy atom. The first-order valence-corrected chi connectivity index (χ1v) is 6.32. The maximum atomic E-state index is 11.8. The molecule has 0 atom stereocenters. The predicted octanol–water partition coefficient (Wildman–Crippen LogP) is 2.31. The fraction of sp³-hybridized carbons (Fsp3) is 0.133. The zero-order valence-corrected chi connectivity index (χ0v) is 11.7. The van der Waals surface area contributed by atoms with Crippen LogP contribution in [-0.4, -0.2) is 18.0 Å². The van der Waals surface area contributed by atoms with Crippen molar-refractivity contribution in [2.75, 3.05) is 5.32 Å². The molecular weight excluding hydrogens is 270 g/mol. The van der Waals surface area contributed by atoms with Crippen LogP contribution in [0.25, 0.3) is 0 Å². The highest BCUT2D eigenvalue weighted by Crippen LogP contribution is 2.09. The zero-order valence-electron chi connectivity index (χ0n) is 11.7. The molecule has 21 heavy (non-hydrogen) atoms. The van der Waals surface area contributed by atoms with Crippen LogP contribution in [0.1, 0.15) is 28.8 Å². The van der Waals surface area contributed by atoms with E-state index in [2.05, 4.69) is 15.8 Å². The Hall–Kier alpha value is -2.89. The topological polar surface area (TPSA) is 83.7 Å². The van der Waals surface area contributed by atoms with E-state index in [4.69, 9.17) is 4.42 Å². The number of rotatable bonds is 4. The van der Waals surface area contributed by atoms with Gasteiger partial charge in [0.25, 0.3) is 5.91 Å². The smallest absolute Gasteiger partial charge is 0.271 e. The molecule has 0 fully saturated rings. The molecule has 0 aliphatic carbocycles. The van der Waals surface area contributed by atoms with Gasteiger partial charge in [-0.1, -0.05) is 0 Å². The van der Waals surface area contributed by atoms with Crippen molar-refractivity contribution in [2.45, 2.75) is 13.8 Å². The largest absolute Gasteiger partial charge is 0.460 e. The molecule has 0 spiro atoms. The number of amides is 2. The number of hydrazone groups is 1. The quantitative estimate of drug-likeness (QED) is 0.668. The van der Waals surface area contributed by atoms with Crippen LogP contribution in [-0.2, 0) is 4.79 Å². The Labute approximate surface area is 121 Å². The molecule has 1 aromatic carbocycles. The molecule has 0 saturated heterocycles. The number of carbonyl (C=O) groups is 2. The molecule has 2 aromatic rings. The van der Waals surface area contributed by atoms with Crippen molar-refractivity contribution in [3.05, 3.63) is 53.5 Å². The lowest BCUT2D eigenvalue weighted by Gasteiger charge is -2.03. The average Bonchev–Trinajstić information content (AvgIpc) is 2.84. The third kappa shape index (κ3) is 4.31. The number of hydrogen-bond donors (Lipinski definition) is 2. The van der Waals surface area contributed by atoms with E-state index in [9.17, 15) is 9.59 Å². The molecule has 0 bridgehead atoms. The summed E-state index contributed by atoms with van der Waals surface area (Å²) in [5, 5.41) is 6.44. The van der Waals surface area contributed by atoms with Crippen LogP contribution < -0.4 is 10.7 Å². The number of carbonyl (C=O) groups excluding carboxylic acids is 2. The van der Waals surface area contributed by atoms with Crippen LogP contribution in [0, 0.1) is 6.92 Å². The van der Waals surface area contributed by atoms with E-state index in [0.717, 1.165) is 5.76 Å². The third-order valence-electron chi connectivity index (χ3n) is 2.59. The highest BCUT2D eigenvalue weighted by Gasteiger charge is 2.04. The molecule has 6 heteroatoms. The van der Waals surface area contributed by atoms with Gasteiger partial charge in [0.2, 0.25) is 5.91 Å². The third-order valence-corrected chi connectivity index (χ3v) is 2.59. The monoisotopic (exact) mass is 285 g/mol. The number of anilines is 1. The number of furan rings is 1. The van der Waals surface area contributed by atoms with Crippen LogP contribution in [0.3, 0.4) is 0 Å². The van der Waals surface area contributed by atoms with Gasteiger partial charge in [-0.25, -0.2) is 5.43 Å². The van der Waals surface area contributed by atoms with Gasteiger partial charge in [-0.15, -0.1) is 0 Å². The highest BCUT2D eigenvalue weighted by atomic mass is 16.3. The maximum Gasteiger partial charge on any atom is 0.271 e. The Balaban J connectivity index is 1.94. The number of nitrogens with one attached hydrogen (secondary N) is 2. The minimum atomic E-state index is -0.344. The SMILES string of the molecule is CC(=O)Nc1ccc(C(=O)NN=Cc2ccc(C)o2)cc1. The first kappa shape index (κ1) is 14.5. The molecule has 0 radical (unpaired) electrons. The molecule has 0 saturated carbocycles. The van der Waals surface area contributed by atoms with Crippen molar-refractivity contribution in [2.24, 2.45) is 5.10 Å². The zero-order chi connectivity index (χ0) is 15.2. The fourth-order valence-electron chi connectivity index (χ4n) is 1.65. The van der Waals surface area contributed by atoms with Gasteiger partial charge in [0.15, 0.2) is 0 Å². The standard InChI is InChI=1S/C15H15N3O3/c1-10-3-8-14(21-10)9-16-18-15(20)12-4-6-13(7-5-12)17-11(2)19/h3-9H,1-2H3,(H,17,19)(H,18,20). The summed E-state index contributed by atoms with van der Waals surface area (Å²) in [7, 11) is 0. The molecular formula is C15H15N3O3. The van der Waals surface area contributed by atoms with Crippen molar-refractivity contribution in [3.63, 3.8) is 0 Å². The molecule has 1 heterocycles. The summed E-state index contributed by atoms with van der Waals surface area (Å²) in [4.78, 5) is 22.7. The van der Waals surface area contributed by atoms with Crippen LogP contribution in [0.15, 0.2) is 45.9 Å². The molecule has 0 aliphatic rings. The lowest BCUT2D eigenvalue weighted by molar-refractivity contribution is -0.114. The van der Waals surface area contributed by atoms with Gasteiger partial charge in [0.05, 0.1) is 6.21 Å². The molecule has 0 aliphatic heterocycles. The van der Waals surface area contributed by atoms with Crippen LogP contribution in [0.2, 0.25) is 0 Å². The average molecular weight is 285 g/mol. The minimum Gasteiger partial charge on any atom is -0.460 e. The van der Waals surface area contributed by atoms with Gasteiger partial charge >= 0.3 is 0 Å². The van der Waals surface area contributed by atoms with Crippen molar-refractivity contribution in [3.8, 4) is 0 Å². The van der Waals surface area contributed by atoms with E-state index in [-0.39, 0.29) is 11.8 Å². The normalized spacial score (nSPS) is 10.6. The minimum absolute atomic E-state index is 0.162. The summed E-state index contributed by atoms with van der Waals surface area (Å²) >= 11 is 0. The van der Waals surface area contributed by atoms with Gasteiger partial charge in [-0.05, 0) is 43.3 Å². The van der Waals surface area contributed by atoms with Crippen LogP contribution in [0.5, 0.6) is 0 Å². The fourth-order valence-corrected chi connectivity index (χ4v) is 1.65. The van der Waals surface area contributed by atoms with E-state index in [1.165, 1.54) is 13.1 Å². The molecule has 2 rings (SSSR count). The Morgan fingerprint density at radius 2 is 1.86 bits per heavy atom. The summed E-state index contributed by atoms with van der Waals surface area (Å²) in [6.07, 6.45) is 1.43. The van der Waals surface area contributed by atoms with E-state index < -0.39 is 0 Å². The van der Waals surface area contributed by atoms with E-state index in [1.54, 1.807) is 30.3 Å². The summed E-state index contributed by atoms with van der Waals surface area (Å²) < 4.78 is 5.28. The second-order valence-electron chi connectivity index (χ2n) is 4.41. The van der Waals surface area contributed by atoms with E-state index >= 15 is 0 Å². The Morgan fingerprint density at radius 1 is 1.14 bits per heavy atom. The highest BCUT2D eigenvalue weighted by molar-refractivity contribution is 5.95. The Kier molecular flexibility index (Phi) is 4.50. The summed E-state index contributed by atoms with van der Waals surface area (Å²) in [5.41, 5.74) is 3.47. The first-order chi connectivity index (χ1) is 10.0. The molecule has 2 amide bonds. The van der Waals surface area contributed by atoms with Crippen molar-refractivity contribution < 1.29 is 14.0 Å². The second-order valence-corrected chi connectivity index (χ2v) is 4.41. The molecule has 6 nitrogen and oxygen atoms in total.